The Bertz CT molecular complexity index is 4690. The summed E-state index contributed by atoms with van der Waals surface area (Å²) in [6.45, 7) is 18.8. The molecule has 0 unspecified atom stereocenters. The van der Waals surface area contributed by atoms with Gasteiger partial charge in [0.15, 0.2) is 11.9 Å². The van der Waals surface area contributed by atoms with Crippen LogP contribution in [0, 0.1) is 17.8 Å². The third-order valence-corrected chi connectivity index (χ3v) is 22.1. The van der Waals surface area contributed by atoms with Crippen LogP contribution < -0.4 is 20.7 Å². The number of ether oxygens (including phenoxy) is 12. The Hall–Kier alpha value is -9.33. The second-order valence-electron chi connectivity index (χ2n) is 29.9. The molecule has 2 aromatic carbocycles. The Labute approximate surface area is 694 Å². The smallest absolute Gasteiger partial charge is 0.355 e. The van der Waals surface area contributed by atoms with Crippen LogP contribution in [-0.4, -0.2) is 296 Å². The lowest BCUT2D eigenvalue weighted by Crippen LogP contribution is -2.61. The molecule has 1 saturated heterocycles. The van der Waals surface area contributed by atoms with E-state index in [0.717, 1.165) is 50.9 Å². The van der Waals surface area contributed by atoms with Crippen molar-refractivity contribution in [1.82, 2.24) is 40.1 Å². The number of hydrogen-bond acceptors (Lipinski definition) is 31. The van der Waals surface area contributed by atoms with Gasteiger partial charge in [0.2, 0.25) is 29.6 Å². The van der Waals surface area contributed by atoms with Gasteiger partial charge in [-0.15, -0.1) is 0 Å². The zero-order chi connectivity index (χ0) is 86.5. The van der Waals surface area contributed by atoms with Crippen LogP contribution in [0.15, 0.2) is 84.2 Å². The first-order chi connectivity index (χ1) is 57.4. The lowest BCUT2D eigenvalue weighted by atomic mass is 9.81. The second-order valence-corrected chi connectivity index (χ2v) is 31.4. The maximum absolute atomic E-state index is 14.8. The van der Waals surface area contributed by atoms with Gasteiger partial charge in [-0.3, -0.25) is 28.5 Å². The van der Waals surface area contributed by atoms with Crippen molar-refractivity contribution < 1.29 is 134 Å². The molecule has 1 fully saturated rings. The van der Waals surface area contributed by atoms with Crippen molar-refractivity contribution in [3.8, 4) is 11.5 Å². The number of nitrogens with zero attached hydrogens (tertiary/aromatic N) is 6. The van der Waals surface area contributed by atoms with E-state index < -0.39 is 129 Å². The normalized spacial score (nSPS) is 20.1. The van der Waals surface area contributed by atoms with Crippen LogP contribution in [0.2, 0.25) is 0 Å². The summed E-state index contributed by atoms with van der Waals surface area (Å²) >= 11 is 0. The first kappa shape index (κ1) is 92.9. The molecule has 0 bridgehead atoms. The number of amides is 3. The molecule has 10 rings (SSSR count). The Kier molecular flexibility index (Phi) is 33.6. The SMILES string of the molecule is C=C1C2=C(C=C3c4nc5ccc(O)cc5c(CC)c4CN13)[C@](CC)(OC(=O)c1ccc(NC(=O)[C@H](C)CC(=O)[C@@H](NC(=O)CCOCCOCCOCCOCCOCCOCCOCCOCCNC(=O)[C@@H](CC(=O)CCn3c4c(c5cccnc53)CN(C)N(C)C4)CS(=O)(=O)O)C(C)C)cc1O[C@@H]1O[C@H](C(=O)O)[C@@H](O)[C@H](O)[C@H]1O)C(=O)OC2. The van der Waals surface area contributed by atoms with Gasteiger partial charge in [0.1, 0.15) is 53.4 Å². The number of aryl methyl sites for hydroxylation is 2. The molecular formula is C82H109N9O28S. The van der Waals surface area contributed by atoms with Crippen LogP contribution >= 0.6 is 0 Å². The molecule has 5 aliphatic rings. The van der Waals surface area contributed by atoms with E-state index in [2.05, 4.69) is 37.5 Å². The molecule has 3 aromatic heterocycles. The van der Waals surface area contributed by atoms with Crippen LogP contribution in [0.5, 0.6) is 11.5 Å². The molecule has 120 heavy (non-hydrogen) atoms. The molecule has 3 amide bonds. The number of anilines is 1. The van der Waals surface area contributed by atoms with E-state index in [0.29, 0.717) is 120 Å². The van der Waals surface area contributed by atoms with Gasteiger partial charge in [-0.2, -0.15) is 8.42 Å². The number of hydrogen-bond donors (Lipinski definition) is 9. The Morgan fingerprint density at radius 3 is 1.97 bits per heavy atom. The molecule has 37 nitrogen and oxygen atoms in total. The lowest BCUT2D eigenvalue weighted by Gasteiger charge is -2.41. The number of carbonyl (C=O) groups is 8. The lowest BCUT2D eigenvalue weighted by molar-refractivity contribution is -0.271. The van der Waals surface area contributed by atoms with Gasteiger partial charge in [0.25, 0.3) is 10.1 Å². The summed E-state index contributed by atoms with van der Waals surface area (Å²) in [5, 5.41) is 66.5. The van der Waals surface area contributed by atoms with Crippen molar-refractivity contribution in [1.29, 1.82) is 0 Å². The van der Waals surface area contributed by atoms with E-state index in [9.17, 15) is 76.9 Å². The highest BCUT2D eigenvalue weighted by Crippen LogP contribution is 2.49. The van der Waals surface area contributed by atoms with Gasteiger partial charge < -0.3 is 108 Å². The molecule has 9 N–H and O–H groups in total. The molecule has 0 radical (unpaired) electrons. The van der Waals surface area contributed by atoms with Crippen LogP contribution in [0.25, 0.3) is 27.6 Å². The number of ketones is 2. The van der Waals surface area contributed by atoms with Gasteiger partial charge in [-0.25, -0.2) is 34.4 Å². The minimum Gasteiger partial charge on any atom is -0.508 e. The number of carboxylic acids is 1. The monoisotopic (exact) mass is 1700 g/mol. The van der Waals surface area contributed by atoms with E-state index >= 15 is 0 Å². The number of rotatable bonds is 49. The first-order valence-corrected chi connectivity index (χ1v) is 41.6. The van der Waals surface area contributed by atoms with Crippen molar-refractivity contribution in [3.63, 3.8) is 0 Å². The summed E-state index contributed by atoms with van der Waals surface area (Å²) in [5.74, 6) is -10.6. The van der Waals surface area contributed by atoms with E-state index in [1.807, 2.05) is 42.6 Å². The number of aliphatic hydroxyl groups is 3. The molecule has 0 saturated carbocycles. The zero-order valence-corrected chi connectivity index (χ0v) is 69.3. The maximum Gasteiger partial charge on any atom is 0.355 e. The quantitative estimate of drug-likeness (QED) is 0.0153. The molecule has 5 aromatic rings. The van der Waals surface area contributed by atoms with E-state index in [1.54, 1.807) is 45.2 Å². The number of aromatic nitrogens is 3. The number of hydrazine groups is 1. The number of cyclic esters (lactones) is 1. The largest absolute Gasteiger partial charge is 0.508 e. The molecule has 38 heteroatoms. The number of carbonyl (C=O) groups excluding carboxylic acids is 7. The molecule has 8 heterocycles. The van der Waals surface area contributed by atoms with Crippen LogP contribution in [0.1, 0.15) is 105 Å². The van der Waals surface area contributed by atoms with Crippen molar-refractivity contribution in [2.45, 2.75) is 142 Å². The number of carboxylic acid groups (broad SMARTS) is 1. The average molecular weight is 1700 g/mol. The molecule has 0 aliphatic carbocycles. The minimum absolute atomic E-state index is 0.0180. The highest BCUT2D eigenvalue weighted by molar-refractivity contribution is 7.85. The summed E-state index contributed by atoms with van der Waals surface area (Å²) in [6.07, 6.45) is -7.49. The van der Waals surface area contributed by atoms with Crippen LogP contribution in [-0.2, 0) is 128 Å². The first-order valence-electron chi connectivity index (χ1n) is 40.0. The van der Waals surface area contributed by atoms with Gasteiger partial charge in [0.05, 0.1) is 153 Å². The topological polar surface area (TPSA) is 479 Å². The number of Topliss-reactive ketones (excluding diaryl/α,β-unsaturated/α-hetero) is 2. The molecule has 656 valence electrons. The highest BCUT2D eigenvalue weighted by Gasteiger charge is 2.54. The second kappa shape index (κ2) is 43.4. The Morgan fingerprint density at radius 1 is 0.733 bits per heavy atom. The standard InChI is InChI=1S/C82H109N9O28S/c1-9-55-58-41-53(92)14-16-63(58)86-70-60(55)44-91-50(6)61-46-116-81(104)82(10-2,62(61)42-64(70)91)119-79(103)57-15-13-52(40-67(57)117-80-73(98)71(96)72(97)74(118-80)78(101)102)85-76(99)49(5)38-66(94)69(48(3)4)87-68(95)18-22-108-24-26-110-28-30-112-32-34-114-36-37-115-35-33-113-31-29-111-27-25-109-23-20-84-77(100)51(47-120(105,106)107)39-54(93)17-21-90-65-45-89(8)88(7)43-59(65)56-12-11-19-83-75(56)90/h11-16,19,40-42,48-49,51,69,71-74,80,92,96-98H,6,9-10,17-18,20-39,43-47H2,1-5,7-8H3,(H,84,100)(H,85,99)(H,87,95)(H,101,102)(H,105,106,107)/t49-,51+,69+,71+,72+,73-,74+,80-,82+/m1/s1. The number of esters is 2. The third kappa shape index (κ3) is 23.7. The number of benzene rings is 2. The highest BCUT2D eigenvalue weighted by atomic mass is 32.2. The number of fused-ring (bicyclic) bond motifs is 7. The summed E-state index contributed by atoms with van der Waals surface area (Å²) in [5.41, 5.74) is 5.02. The number of aromatic hydroxyl groups is 1. The van der Waals surface area contributed by atoms with E-state index in [1.165, 1.54) is 19.1 Å². The van der Waals surface area contributed by atoms with Gasteiger partial charge in [-0.05, 0) is 78.4 Å². The van der Waals surface area contributed by atoms with Gasteiger partial charge >= 0.3 is 17.9 Å². The van der Waals surface area contributed by atoms with Gasteiger partial charge in [0, 0.05) is 122 Å². The van der Waals surface area contributed by atoms with E-state index in [-0.39, 0.29) is 114 Å². The van der Waals surface area contributed by atoms with Crippen molar-refractivity contribution in [2.75, 3.05) is 144 Å². The fraction of sp³-hybridized carbons (Fsp3) is 0.561. The zero-order valence-electron chi connectivity index (χ0n) is 68.4. The fourth-order valence-electron chi connectivity index (χ4n) is 14.7. The number of aliphatic carboxylic acids is 1. The Balaban J connectivity index is 0.567. The van der Waals surface area contributed by atoms with Crippen molar-refractivity contribution >= 4 is 90.6 Å². The molecule has 5 aliphatic heterocycles. The minimum atomic E-state index is -4.57. The number of pyridine rings is 2. The van der Waals surface area contributed by atoms with Crippen molar-refractivity contribution in [2.24, 2.45) is 17.8 Å². The molecule has 0 spiro atoms. The van der Waals surface area contributed by atoms with Crippen LogP contribution in [0.4, 0.5) is 5.69 Å². The van der Waals surface area contributed by atoms with Crippen LogP contribution in [0.3, 0.4) is 0 Å². The number of phenolic OH excluding ortho intramolecular Hbond substituents is 1. The summed E-state index contributed by atoms with van der Waals surface area (Å²) < 4.78 is 103. The predicted octanol–water partition coefficient (Wildman–Crippen LogP) is 3.33. The predicted molar refractivity (Wildman–Crippen MR) is 428 cm³/mol. The third-order valence-electron chi connectivity index (χ3n) is 21.2. The molecular weight excluding hydrogens is 1590 g/mol. The van der Waals surface area contributed by atoms with Gasteiger partial charge in [-0.1, -0.05) is 41.2 Å². The molecule has 9 atom stereocenters. The fourth-order valence-corrected chi connectivity index (χ4v) is 15.5. The number of aliphatic hydroxyl groups excluding tert-OH is 3. The summed E-state index contributed by atoms with van der Waals surface area (Å²) in [4.78, 5) is 120. The summed E-state index contributed by atoms with van der Waals surface area (Å²) in [7, 11) is -0.605. The Morgan fingerprint density at radius 2 is 1.36 bits per heavy atom. The number of nitrogens with one attached hydrogen (secondary N) is 3. The summed E-state index contributed by atoms with van der Waals surface area (Å²) in [6, 6.07) is 11.3. The van der Waals surface area contributed by atoms with Crippen molar-refractivity contribution in [3.05, 3.63) is 118 Å². The number of phenols is 1. The van der Waals surface area contributed by atoms with E-state index in [4.69, 9.17) is 61.8 Å². The average Bonchev–Trinajstić information content (AvgIpc) is 1.52. The maximum atomic E-state index is 14.8.